The Kier molecular flexibility index (Phi) is 5.48. The number of likely N-dealkylation sites (tertiary alicyclic amines) is 1. The van der Waals surface area contributed by atoms with Crippen molar-refractivity contribution in [3.63, 3.8) is 0 Å². The number of amides is 4. The lowest BCUT2D eigenvalue weighted by molar-refractivity contribution is -0.145. The molecule has 4 amide bonds. The van der Waals surface area contributed by atoms with Crippen LogP contribution in [0.1, 0.15) is 57.6 Å². The highest BCUT2D eigenvalue weighted by Crippen LogP contribution is 2.64. The summed E-state index contributed by atoms with van der Waals surface area (Å²) in [6.07, 6.45) is 2.71. The van der Waals surface area contributed by atoms with Crippen molar-refractivity contribution in [1.29, 1.82) is 0 Å². The van der Waals surface area contributed by atoms with E-state index in [0.717, 1.165) is 5.57 Å². The average Bonchev–Trinajstić information content (AvgIpc) is 3.26. The minimum Gasteiger partial charge on any atom is -0.507 e. The van der Waals surface area contributed by atoms with Gasteiger partial charge in [0.25, 0.3) is 0 Å². The van der Waals surface area contributed by atoms with E-state index in [9.17, 15) is 24.3 Å². The van der Waals surface area contributed by atoms with Crippen LogP contribution in [0.15, 0.2) is 60.2 Å². The summed E-state index contributed by atoms with van der Waals surface area (Å²) in [7, 11) is 0. The summed E-state index contributed by atoms with van der Waals surface area (Å²) in [5.41, 5.74) is 0.818. The van der Waals surface area contributed by atoms with Crippen molar-refractivity contribution in [3.8, 4) is 5.75 Å². The topological polar surface area (TPSA) is 95.0 Å². The molecule has 2 aliphatic heterocycles. The fourth-order valence-corrected chi connectivity index (χ4v) is 7.76. The number of rotatable bonds is 2. The lowest BCUT2D eigenvalue weighted by Gasteiger charge is -2.49. The quantitative estimate of drug-likeness (QED) is 0.451. The van der Waals surface area contributed by atoms with Crippen LogP contribution in [0.2, 0.25) is 0 Å². The molecule has 3 fully saturated rings. The van der Waals surface area contributed by atoms with Gasteiger partial charge >= 0.3 is 0 Å². The smallest absolute Gasteiger partial charge is 0.241 e. The number of hydrogen-bond acceptors (Lipinski definition) is 5. The number of carbonyl (C=O) groups excluding carboxylic acids is 4. The molecule has 39 heavy (non-hydrogen) atoms. The minimum atomic E-state index is -1.16. The number of imide groups is 2. The molecular weight excluding hydrogens is 492 g/mol. The van der Waals surface area contributed by atoms with Gasteiger partial charge in [-0.2, -0.15) is 0 Å². The Bertz CT molecular complexity index is 1450. The third-order valence-electron chi connectivity index (χ3n) is 9.54. The van der Waals surface area contributed by atoms with Crippen molar-refractivity contribution in [1.82, 2.24) is 4.90 Å². The first kappa shape index (κ1) is 25.5. The second kappa shape index (κ2) is 8.38. The summed E-state index contributed by atoms with van der Waals surface area (Å²) < 4.78 is 0. The molecule has 7 nitrogen and oxygen atoms in total. The first-order valence-corrected chi connectivity index (χ1v) is 13.7. The SMILES string of the molecule is Cc1cccc(C2C3=CCC4C(=O)N(C(C)(C)C)C(=O)C4C3CC3C(=O)N(c4ccccc4)C(=O)C32C)c1O. The monoisotopic (exact) mass is 526 g/mol. The van der Waals surface area contributed by atoms with Gasteiger partial charge in [0.1, 0.15) is 5.75 Å². The first-order chi connectivity index (χ1) is 18.4. The number of aryl methyl sites for hydroxylation is 1. The molecule has 0 radical (unpaired) electrons. The van der Waals surface area contributed by atoms with Gasteiger partial charge in [-0.3, -0.25) is 24.1 Å². The Hall–Kier alpha value is -3.74. The van der Waals surface area contributed by atoms with Crippen LogP contribution in [0.4, 0.5) is 5.69 Å². The molecule has 2 aromatic rings. The number of hydrogen-bond donors (Lipinski definition) is 1. The van der Waals surface area contributed by atoms with Crippen LogP contribution in [0, 0.1) is 36.0 Å². The van der Waals surface area contributed by atoms with E-state index in [4.69, 9.17) is 0 Å². The summed E-state index contributed by atoms with van der Waals surface area (Å²) in [5, 5.41) is 11.3. The summed E-state index contributed by atoms with van der Waals surface area (Å²) in [6.45, 7) is 9.21. The van der Waals surface area contributed by atoms with E-state index in [2.05, 4.69) is 0 Å². The highest BCUT2D eigenvalue weighted by atomic mass is 16.3. The van der Waals surface area contributed by atoms with Crippen molar-refractivity contribution in [2.45, 2.75) is 58.9 Å². The van der Waals surface area contributed by atoms with Gasteiger partial charge < -0.3 is 5.11 Å². The predicted molar refractivity (Wildman–Crippen MR) is 146 cm³/mol. The fourth-order valence-electron chi connectivity index (χ4n) is 7.76. The Morgan fingerprint density at radius 2 is 1.59 bits per heavy atom. The second-order valence-electron chi connectivity index (χ2n) is 12.7. The van der Waals surface area contributed by atoms with E-state index >= 15 is 0 Å². The van der Waals surface area contributed by atoms with Gasteiger partial charge in [0, 0.05) is 17.0 Å². The van der Waals surface area contributed by atoms with Crippen molar-refractivity contribution < 1.29 is 24.3 Å². The van der Waals surface area contributed by atoms with Crippen LogP contribution in [-0.2, 0) is 19.2 Å². The molecule has 0 bridgehead atoms. The normalized spacial score (nSPS) is 32.2. The molecule has 2 heterocycles. The van der Waals surface area contributed by atoms with Crippen LogP contribution < -0.4 is 4.90 Å². The Morgan fingerprint density at radius 3 is 2.26 bits per heavy atom. The number of phenolic OH excluding ortho intramolecular Hbond substituents is 1. The van der Waals surface area contributed by atoms with Crippen LogP contribution in [0.3, 0.4) is 0 Å². The highest BCUT2D eigenvalue weighted by Gasteiger charge is 2.68. The van der Waals surface area contributed by atoms with Gasteiger partial charge in [0.15, 0.2) is 0 Å². The number of benzene rings is 2. The standard InChI is InChI=1S/C32H34N2O5/c1-17-10-9-13-21(26(17)35)25-19-14-15-20-24(29(38)34(27(20)36)31(2,3)4)22(19)16-23-28(37)33(30(39)32(23,25)5)18-11-7-6-8-12-18/h6-14,20,22-25,35H,15-16H2,1-5H3. The maximum absolute atomic E-state index is 14.3. The van der Waals surface area contributed by atoms with Gasteiger partial charge in [-0.25, -0.2) is 4.90 Å². The number of carbonyl (C=O) groups is 4. The maximum Gasteiger partial charge on any atom is 0.241 e. The van der Waals surface area contributed by atoms with Crippen LogP contribution >= 0.6 is 0 Å². The molecule has 4 aliphatic rings. The van der Waals surface area contributed by atoms with Crippen LogP contribution in [0.25, 0.3) is 0 Å². The molecule has 0 aromatic heterocycles. The fraction of sp³-hybridized carbons (Fsp3) is 0.438. The number of nitrogens with zero attached hydrogens (tertiary/aromatic N) is 2. The number of para-hydroxylation sites is 2. The summed E-state index contributed by atoms with van der Waals surface area (Å²) in [6, 6.07) is 14.4. The van der Waals surface area contributed by atoms with Crippen molar-refractivity contribution in [3.05, 3.63) is 71.3 Å². The lowest BCUT2D eigenvalue weighted by atomic mass is 9.51. The molecular formula is C32H34N2O5. The van der Waals surface area contributed by atoms with Gasteiger partial charge in [-0.05, 0) is 71.1 Å². The van der Waals surface area contributed by atoms with E-state index in [1.54, 1.807) is 24.3 Å². The summed E-state index contributed by atoms with van der Waals surface area (Å²) in [5.74, 6) is -3.67. The number of fused-ring (bicyclic) bond motifs is 4. The maximum atomic E-state index is 14.3. The van der Waals surface area contributed by atoms with Gasteiger partial charge in [0.05, 0.1) is 28.9 Å². The molecule has 0 spiro atoms. The largest absolute Gasteiger partial charge is 0.507 e. The van der Waals surface area contributed by atoms with Crippen molar-refractivity contribution in [2.24, 2.45) is 29.1 Å². The Balaban J connectivity index is 1.55. The van der Waals surface area contributed by atoms with E-state index < -0.39 is 34.6 Å². The van der Waals surface area contributed by atoms with Crippen molar-refractivity contribution >= 4 is 29.3 Å². The Morgan fingerprint density at radius 1 is 0.897 bits per heavy atom. The van der Waals surface area contributed by atoms with E-state index in [0.29, 0.717) is 29.7 Å². The van der Waals surface area contributed by atoms with Gasteiger partial charge in [0.2, 0.25) is 23.6 Å². The molecule has 7 heteroatoms. The molecule has 202 valence electrons. The molecule has 6 rings (SSSR count). The molecule has 2 saturated heterocycles. The minimum absolute atomic E-state index is 0.0923. The predicted octanol–water partition coefficient (Wildman–Crippen LogP) is 4.73. The molecule has 2 aliphatic carbocycles. The highest BCUT2D eigenvalue weighted by molar-refractivity contribution is 6.24. The zero-order chi connectivity index (χ0) is 28.0. The second-order valence-corrected chi connectivity index (χ2v) is 12.7. The average molecular weight is 527 g/mol. The van der Waals surface area contributed by atoms with E-state index in [1.807, 2.05) is 65.0 Å². The third kappa shape index (κ3) is 3.34. The van der Waals surface area contributed by atoms with Gasteiger partial charge in [-0.15, -0.1) is 0 Å². The van der Waals surface area contributed by atoms with Crippen LogP contribution in [-0.4, -0.2) is 39.2 Å². The number of allylic oxidation sites excluding steroid dienone is 2. The zero-order valence-electron chi connectivity index (χ0n) is 23.0. The van der Waals surface area contributed by atoms with Crippen LogP contribution in [0.5, 0.6) is 5.75 Å². The summed E-state index contributed by atoms with van der Waals surface area (Å²) in [4.78, 5) is 58.4. The van der Waals surface area contributed by atoms with Gasteiger partial charge in [-0.1, -0.05) is 48.0 Å². The zero-order valence-corrected chi connectivity index (χ0v) is 23.0. The molecule has 6 atom stereocenters. The first-order valence-electron chi connectivity index (χ1n) is 13.7. The Labute approximate surface area is 228 Å². The molecule has 2 aromatic carbocycles. The number of phenols is 1. The lowest BCUT2D eigenvalue weighted by Crippen LogP contribution is -2.49. The van der Waals surface area contributed by atoms with E-state index in [-0.39, 0.29) is 35.3 Å². The molecule has 1 N–H and O–H groups in total. The number of aromatic hydroxyl groups is 1. The molecule has 6 unspecified atom stereocenters. The van der Waals surface area contributed by atoms with E-state index in [1.165, 1.54) is 9.80 Å². The summed E-state index contributed by atoms with van der Waals surface area (Å²) >= 11 is 0. The number of anilines is 1. The third-order valence-corrected chi connectivity index (χ3v) is 9.54. The van der Waals surface area contributed by atoms with Crippen molar-refractivity contribution in [2.75, 3.05) is 4.90 Å². The molecule has 1 saturated carbocycles.